The number of nitrogens with zero attached hydrogens (tertiary/aromatic N) is 1. The lowest BCUT2D eigenvalue weighted by molar-refractivity contribution is 0.622. The van der Waals surface area contributed by atoms with Crippen LogP contribution in [-0.4, -0.2) is 14.1 Å². The summed E-state index contributed by atoms with van der Waals surface area (Å²) in [5.41, 5.74) is 1.69. The molecule has 1 aromatic carbocycles. The predicted octanol–water partition coefficient (Wildman–Crippen LogP) is 3.02. The summed E-state index contributed by atoms with van der Waals surface area (Å²) < 4.78 is 13.4. The van der Waals surface area contributed by atoms with Crippen LogP contribution >= 0.6 is 0 Å². The molecular weight excluding hydrogens is 165 g/mol. The molecule has 1 aromatic rings. The largest absolute Gasteiger partial charge is 0.375 e. The molecule has 0 aliphatic heterocycles. The van der Waals surface area contributed by atoms with E-state index < -0.39 is 0 Å². The Bertz CT molecular complexity index is 292. The number of hydrogen-bond donors (Lipinski definition) is 0. The van der Waals surface area contributed by atoms with Gasteiger partial charge < -0.3 is 4.90 Å². The van der Waals surface area contributed by atoms with Gasteiger partial charge in [0.15, 0.2) is 0 Å². The summed E-state index contributed by atoms with van der Waals surface area (Å²) in [7, 11) is 3.68. The van der Waals surface area contributed by atoms with Crippen LogP contribution in [0.2, 0.25) is 0 Å². The van der Waals surface area contributed by atoms with Gasteiger partial charge in [-0.1, -0.05) is 19.9 Å². The Labute approximate surface area is 79.2 Å². The van der Waals surface area contributed by atoms with Crippen molar-refractivity contribution in [3.63, 3.8) is 0 Å². The molecule has 0 radical (unpaired) electrons. The molecular formula is C11H16FN. The minimum atomic E-state index is -0.142. The molecule has 0 aromatic heterocycles. The first kappa shape index (κ1) is 10.0. The summed E-state index contributed by atoms with van der Waals surface area (Å²) in [6.45, 7) is 4.12. The van der Waals surface area contributed by atoms with E-state index in [9.17, 15) is 4.39 Å². The number of anilines is 1. The van der Waals surface area contributed by atoms with E-state index in [4.69, 9.17) is 0 Å². The fourth-order valence-corrected chi connectivity index (χ4v) is 1.24. The lowest BCUT2D eigenvalue weighted by atomic mass is 10.0. The zero-order chi connectivity index (χ0) is 10.0. The first-order chi connectivity index (χ1) is 6.02. The molecule has 13 heavy (non-hydrogen) atoms. The Kier molecular flexibility index (Phi) is 2.91. The van der Waals surface area contributed by atoms with Gasteiger partial charge in [0.05, 0.1) is 5.69 Å². The highest BCUT2D eigenvalue weighted by Gasteiger charge is 2.06. The molecule has 0 heterocycles. The number of benzene rings is 1. The third-order valence-corrected chi connectivity index (χ3v) is 2.12. The maximum absolute atomic E-state index is 13.4. The average molecular weight is 181 g/mol. The normalized spacial score (nSPS) is 10.6. The van der Waals surface area contributed by atoms with Crippen LogP contribution in [0.3, 0.4) is 0 Å². The van der Waals surface area contributed by atoms with Gasteiger partial charge in [-0.2, -0.15) is 0 Å². The first-order valence-electron chi connectivity index (χ1n) is 4.49. The Hall–Kier alpha value is -1.05. The number of rotatable bonds is 2. The van der Waals surface area contributed by atoms with E-state index in [0.717, 1.165) is 5.56 Å². The summed E-state index contributed by atoms with van der Waals surface area (Å²) in [5.74, 6) is 0.238. The molecule has 0 aliphatic rings. The Balaban J connectivity index is 3.06. The van der Waals surface area contributed by atoms with E-state index in [1.165, 1.54) is 0 Å². The minimum absolute atomic E-state index is 0.142. The monoisotopic (exact) mass is 181 g/mol. The Morgan fingerprint density at radius 1 is 1.23 bits per heavy atom. The van der Waals surface area contributed by atoms with Gasteiger partial charge in [0.1, 0.15) is 5.82 Å². The highest BCUT2D eigenvalue weighted by atomic mass is 19.1. The average Bonchev–Trinajstić information content (AvgIpc) is 2.03. The fourth-order valence-electron chi connectivity index (χ4n) is 1.24. The maximum Gasteiger partial charge on any atom is 0.146 e. The molecule has 0 bridgehead atoms. The summed E-state index contributed by atoms with van der Waals surface area (Å²) in [6.07, 6.45) is 0. The van der Waals surface area contributed by atoms with Crippen molar-refractivity contribution in [2.24, 2.45) is 0 Å². The van der Waals surface area contributed by atoms with Gasteiger partial charge in [-0.15, -0.1) is 0 Å². The molecule has 0 aliphatic carbocycles. The summed E-state index contributed by atoms with van der Waals surface area (Å²) in [6, 6.07) is 5.41. The van der Waals surface area contributed by atoms with E-state index >= 15 is 0 Å². The molecule has 0 saturated heterocycles. The topological polar surface area (TPSA) is 3.24 Å². The van der Waals surface area contributed by atoms with E-state index in [1.54, 1.807) is 11.0 Å². The van der Waals surface area contributed by atoms with Crippen molar-refractivity contribution in [3.8, 4) is 0 Å². The molecule has 0 fully saturated rings. The molecule has 0 spiro atoms. The van der Waals surface area contributed by atoms with E-state index in [-0.39, 0.29) is 5.82 Å². The molecule has 72 valence electrons. The number of halogens is 1. The van der Waals surface area contributed by atoms with Crippen molar-refractivity contribution < 1.29 is 4.39 Å². The third-order valence-electron chi connectivity index (χ3n) is 2.12. The molecule has 0 atom stereocenters. The van der Waals surface area contributed by atoms with Crippen LogP contribution in [-0.2, 0) is 0 Å². The molecule has 0 unspecified atom stereocenters. The highest BCUT2D eigenvalue weighted by Crippen LogP contribution is 2.22. The van der Waals surface area contributed by atoms with E-state index in [1.807, 2.05) is 26.2 Å². The summed E-state index contributed by atoms with van der Waals surface area (Å²) >= 11 is 0. The fraction of sp³-hybridized carbons (Fsp3) is 0.455. The first-order valence-corrected chi connectivity index (χ1v) is 4.49. The summed E-state index contributed by atoms with van der Waals surface area (Å²) in [5, 5.41) is 0. The lowest BCUT2D eigenvalue weighted by Gasteiger charge is -2.15. The minimum Gasteiger partial charge on any atom is -0.375 e. The zero-order valence-electron chi connectivity index (χ0n) is 8.63. The van der Waals surface area contributed by atoms with Crippen molar-refractivity contribution in [2.45, 2.75) is 19.8 Å². The standard InChI is InChI=1S/C11H16FN/c1-8(2)9-5-6-11(13(3)4)10(12)7-9/h5-8H,1-4H3. The van der Waals surface area contributed by atoms with Gasteiger partial charge >= 0.3 is 0 Å². The maximum atomic E-state index is 13.4. The van der Waals surface area contributed by atoms with Gasteiger partial charge in [0.25, 0.3) is 0 Å². The van der Waals surface area contributed by atoms with Crippen LogP contribution < -0.4 is 4.90 Å². The van der Waals surface area contributed by atoms with Gasteiger partial charge in [-0.25, -0.2) is 4.39 Å². The van der Waals surface area contributed by atoms with E-state index in [0.29, 0.717) is 11.6 Å². The van der Waals surface area contributed by atoms with Crippen LogP contribution in [0.15, 0.2) is 18.2 Å². The van der Waals surface area contributed by atoms with Crippen LogP contribution in [0.4, 0.5) is 10.1 Å². The SMILES string of the molecule is CC(C)c1ccc(N(C)C)c(F)c1. The van der Waals surface area contributed by atoms with Crippen molar-refractivity contribution in [2.75, 3.05) is 19.0 Å². The smallest absolute Gasteiger partial charge is 0.146 e. The van der Waals surface area contributed by atoms with Crippen molar-refractivity contribution >= 4 is 5.69 Å². The van der Waals surface area contributed by atoms with Crippen LogP contribution in [0, 0.1) is 5.82 Å². The molecule has 1 rings (SSSR count). The molecule has 1 nitrogen and oxygen atoms in total. The number of hydrogen-bond acceptors (Lipinski definition) is 1. The van der Waals surface area contributed by atoms with Crippen molar-refractivity contribution in [3.05, 3.63) is 29.6 Å². The van der Waals surface area contributed by atoms with Gasteiger partial charge in [0, 0.05) is 14.1 Å². The Morgan fingerprint density at radius 2 is 1.85 bits per heavy atom. The zero-order valence-corrected chi connectivity index (χ0v) is 8.63. The summed E-state index contributed by atoms with van der Waals surface area (Å²) in [4.78, 5) is 1.78. The quantitative estimate of drug-likeness (QED) is 0.678. The molecule has 0 N–H and O–H groups in total. The molecule has 0 amide bonds. The van der Waals surface area contributed by atoms with Crippen LogP contribution in [0.5, 0.6) is 0 Å². The molecule has 0 saturated carbocycles. The highest BCUT2D eigenvalue weighted by molar-refractivity contribution is 5.48. The second-order valence-corrected chi connectivity index (χ2v) is 3.76. The second kappa shape index (κ2) is 3.77. The van der Waals surface area contributed by atoms with Gasteiger partial charge in [-0.3, -0.25) is 0 Å². The lowest BCUT2D eigenvalue weighted by Crippen LogP contribution is -2.10. The van der Waals surface area contributed by atoms with E-state index in [2.05, 4.69) is 13.8 Å². The van der Waals surface area contributed by atoms with Gasteiger partial charge in [-0.05, 0) is 23.6 Å². The van der Waals surface area contributed by atoms with Crippen LogP contribution in [0.25, 0.3) is 0 Å². The van der Waals surface area contributed by atoms with Crippen LogP contribution in [0.1, 0.15) is 25.3 Å². The molecule has 2 heteroatoms. The van der Waals surface area contributed by atoms with Crippen molar-refractivity contribution in [1.29, 1.82) is 0 Å². The third kappa shape index (κ3) is 2.20. The van der Waals surface area contributed by atoms with Gasteiger partial charge in [0.2, 0.25) is 0 Å². The Morgan fingerprint density at radius 3 is 2.23 bits per heavy atom. The second-order valence-electron chi connectivity index (χ2n) is 3.76. The predicted molar refractivity (Wildman–Crippen MR) is 54.8 cm³/mol. The van der Waals surface area contributed by atoms with Crippen molar-refractivity contribution in [1.82, 2.24) is 0 Å².